The molecule has 1 N–H and O–H groups in total. The van der Waals surface area contributed by atoms with Crippen molar-refractivity contribution in [2.45, 2.75) is 44.0 Å². The van der Waals surface area contributed by atoms with Gasteiger partial charge in [-0.2, -0.15) is 0 Å². The molecule has 2 aromatic rings. The molecule has 0 unspecified atom stereocenters. The summed E-state index contributed by atoms with van der Waals surface area (Å²) >= 11 is 0. The van der Waals surface area contributed by atoms with E-state index in [0.29, 0.717) is 38.1 Å². The maximum absolute atomic E-state index is 12.9. The van der Waals surface area contributed by atoms with Crippen molar-refractivity contribution in [3.05, 3.63) is 59.2 Å². The van der Waals surface area contributed by atoms with Gasteiger partial charge in [-0.15, -0.1) is 0 Å². The molecule has 1 aliphatic rings. The van der Waals surface area contributed by atoms with Gasteiger partial charge in [-0.25, -0.2) is 13.1 Å². The van der Waals surface area contributed by atoms with Crippen LogP contribution in [0.1, 0.15) is 29.5 Å². The number of amides is 1. The van der Waals surface area contributed by atoms with Crippen molar-refractivity contribution < 1.29 is 17.9 Å². The summed E-state index contributed by atoms with van der Waals surface area (Å²) in [6.45, 7) is 4.89. The van der Waals surface area contributed by atoms with E-state index in [0.717, 1.165) is 16.7 Å². The van der Waals surface area contributed by atoms with Crippen LogP contribution in [-0.4, -0.2) is 45.5 Å². The fourth-order valence-corrected chi connectivity index (χ4v) is 5.09. The number of rotatable bonds is 6. The number of hydrogen-bond acceptors (Lipinski definition) is 4. The summed E-state index contributed by atoms with van der Waals surface area (Å²) in [5.41, 5.74) is 2.86. The molecule has 0 saturated carbocycles. The van der Waals surface area contributed by atoms with Crippen LogP contribution in [0.4, 0.5) is 0 Å². The van der Waals surface area contributed by atoms with Crippen LogP contribution in [-0.2, 0) is 21.2 Å². The fourth-order valence-electron chi connectivity index (χ4n) is 3.54. The van der Waals surface area contributed by atoms with Crippen LogP contribution in [0.3, 0.4) is 0 Å². The molecule has 6 nitrogen and oxygen atoms in total. The zero-order valence-electron chi connectivity index (χ0n) is 17.1. The lowest BCUT2D eigenvalue weighted by Gasteiger charge is -2.32. The van der Waals surface area contributed by atoms with E-state index in [4.69, 9.17) is 4.74 Å². The summed E-state index contributed by atoms with van der Waals surface area (Å²) in [4.78, 5) is 14.5. The third-order valence-corrected chi connectivity index (χ3v) is 6.98. The molecule has 1 heterocycles. The third-order valence-electron chi connectivity index (χ3n) is 5.44. The Kier molecular flexibility index (Phi) is 6.59. The van der Waals surface area contributed by atoms with Crippen molar-refractivity contribution in [1.29, 1.82) is 0 Å². The van der Waals surface area contributed by atoms with Gasteiger partial charge in [0.2, 0.25) is 15.9 Å². The molecule has 0 atom stereocenters. The third kappa shape index (κ3) is 5.16. The van der Waals surface area contributed by atoms with Crippen LogP contribution in [0.25, 0.3) is 0 Å². The van der Waals surface area contributed by atoms with Crippen LogP contribution in [0, 0.1) is 13.8 Å². The molecule has 1 amide bonds. The summed E-state index contributed by atoms with van der Waals surface area (Å²) in [5.74, 6) is 0.421. The molecule has 0 radical (unpaired) electrons. The van der Waals surface area contributed by atoms with E-state index < -0.39 is 10.0 Å². The molecule has 3 rings (SSSR count). The maximum Gasteiger partial charge on any atom is 0.244 e. The quantitative estimate of drug-likeness (QED) is 0.786. The van der Waals surface area contributed by atoms with E-state index in [2.05, 4.69) is 4.72 Å². The molecule has 7 heteroatoms. The van der Waals surface area contributed by atoms with Crippen LogP contribution >= 0.6 is 0 Å². The number of piperidine rings is 1. The van der Waals surface area contributed by atoms with Crippen molar-refractivity contribution in [1.82, 2.24) is 9.62 Å². The Morgan fingerprint density at radius 1 is 1.10 bits per heavy atom. The van der Waals surface area contributed by atoms with E-state index >= 15 is 0 Å². The minimum atomic E-state index is -3.71. The smallest absolute Gasteiger partial charge is 0.244 e. The van der Waals surface area contributed by atoms with Gasteiger partial charge in [-0.1, -0.05) is 30.3 Å². The molecule has 0 aliphatic carbocycles. The Hall–Kier alpha value is -2.38. The maximum atomic E-state index is 12.9. The van der Waals surface area contributed by atoms with Gasteiger partial charge in [-0.05, 0) is 55.5 Å². The van der Waals surface area contributed by atoms with Crippen LogP contribution < -0.4 is 9.46 Å². The van der Waals surface area contributed by atoms with Gasteiger partial charge in [0, 0.05) is 19.1 Å². The SMILES string of the molecule is COc1cc(C)c(C)cc1S(=O)(=O)NC1CCN(C(=O)Cc2ccccc2)CC1. The number of carbonyl (C=O) groups excluding carboxylic acids is 1. The van der Waals surface area contributed by atoms with Gasteiger partial charge in [0.05, 0.1) is 13.5 Å². The molecule has 0 spiro atoms. The molecule has 0 bridgehead atoms. The number of aryl methyl sites for hydroxylation is 2. The first kappa shape index (κ1) is 21.3. The zero-order chi connectivity index (χ0) is 21.0. The summed E-state index contributed by atoms with van der Waals surface area (Å²) < 4.78 is 33.9. The highest BCUT2D eigenvalue weighted by atomic mass is 32.2. The highest BCUT2D eigenvalue weighted by molar-refractivity contribution is 7.89. The lowest BCUT2D eigenvalue weighted by molar-refractivity contribution is -0.131. The fraction of sp³-hybridized carbons (Fsp3) is 0.409. The number of sulfonamides is 1. The Morgan fingerprint density at radius 2 is 1.72 bits per heavy atom. The van der Waals surface area contributed by atoms with Gasteiger partial charge in [-0.3, -0.25) is 4.79 Å². The second kappa shape index (κ2) is 8.97. The predicted octanol–water partition coefficient (Wildman–Crippen LogP) is 2.82. The first-order chi connectivity index (χ1) is 13.8. The average Bonchev–Trinajstić information content (AvgIpc) is 2.70. The summed E-state index contributed by atoms with van der Waals surface area (Å²) in [6.07, 6.45) is 1.55. The summed E-state index contributed by atoms with van der Waals surface area (Å²) in [7, 11) is -2.23. The van der Waals surface area contributed by atoms with E-state index in [1.165, 1.54) is 7.11 Å². The number of nitrogens with one attached hydrogen (secondary N) is 1. The standard InChI is InChI=1S/C22H28N2O4S/c1-16-13-20(28-3)21(14-17(16)2)29(26,27)23-19-9-11-24(12-10-19)22(25)15-18-7-5-4-6-8-18/h4-8,13-14,19,23H,9-12,15H2,1-3H3. The number of carbonyl (C=O) groups is 1. The number of benzene rings is 2. The molecule has 156 valence electrons. The van der Waals surface area contributed by atoms with Crippen LogP contribution in [0.2, 0.25) is 0 Å². The number of nitrogens with zero attached hydrogens (tertiary/aromatic N) is 1. The van der Waals surface area contributed by atoms with Gasteiger partial charge >= 0.3 is 0 Å². The Balaban J connectivity index is 1.62. The van der Waals surface area contributed by atoms with Gasteiger partial charge in [0.1, 0.15) is 10.6 Å². The first-order valence-electron chi connectivity index (χ1n) is 9.79. The number of ether oxygens (including phenoxy) is 1. The number of hydrogen-bond donors (Lipinski definition) is 1. The monoisotopic (exact) mass is 416 g/mol. The highest BCUT2D eigenvalue weighted by Crippen LogP contribution is 2.28. The largest absolute Gasteiger partial charge is 0.495 e. The molecular weight excluding hydrogens is 388 g/mol. The molecule has 1 saturated heterocycles. The molecule has 29 heavy (non-hydrogen) atoms. The van der Waals surface area contributed by atoms with E-state index in [1.54, 1.807) is 12.1 Å². The van der Waals surface area contributed by atoms with Crippen LogP contribution in [0.15, 0.2) is 47.4 Å². The van der Waals surface area contributed by atoms with Crippen molar-refractivity contribution in [2.24, 2.45) is 0 Å². The Morgan fingerprint density at radius 3 is 2.34 bits per heavy atom. The second-order valence-electron chi connectivity index (χ2n) is 7.53. The number of methoxy groups -OCH3 is 1. The molecule has 1 fully saturated rings. The molecule has 1 aliphatic heterocycles. The average molecular weight is 417 g/mol. The van der Waals surface area contributed by atoms with Crippen molar-refractivity contribution in [3.63, 3.8) is 0 Å². The van der Waals surface area contributed by atoms with Gasteiger partial charge < -0.3 is 9.64 Å². The zero-order valence-corrected chi connectivity index (χ0v) is 18.0. The highest BCUT2D eigenvalue weighted by Gasteiger charge is 2.28. The normalized spacial score (nSPS) is 15.3. The van der Waals surface area contributed by atoms with Crippen LogP contribution in [0.5, 0.6) is 5.75 Å². The van der Waals surface area contributed by atoms with E-state index in [1.807, 2.05) is 49.1 Å². The second-order valence-corrected chi connectivity index (χ2v) is 9.21. The molecule has 0 aromatic heterocycles. The van der Waals surface area contributed by atoms with Gasteiger partial charge in [0.15, 0.2) is 0 Å². The van der Waals surface area contributed by atoms with E-state index in [9.17, 15) is 13.2 Å². The topological polar surface area (TPSA) is 75.7 Å². The van der Waals surface area contributed by atoms with E-state index in [-0.39, 0.29) is 16.8 Å². The summed E-state index contributed by atoms with van der Waals surface area (Å²) in [6, 6.07) is 12.8. The Labute approximate surface area is 172 Å². The minimum Gasteiger partial charge on any atom is -0.495 e. The van der Waals surface area contributed by atoms with Gasteiger partial charge in [0.25, 0.3) is 0 Å². The summed E-state index contributed by atoms with van der Waals surface area (Å²) in [5, 5.41) is 0. The molecule has 2 aromatic carbocycles. The minimum absolute atomic E-state index is 0.0772. The predicted molar refractivity (Wildman–Crippen MR) is 113 cm³/mol. The van der Waals surface area contributed by atoms with Crippen molar-refractivity contribution in [2.75, 3.05) is 20.2 Å². The molecular formula is C22H28N2O4S. The number of likely N-dealkylation sites (tertiary alicyclic amines) is 1. The lowest BCUT2D eigenvalue weighted by atomic mass is 10.0. The first-order valence-corrected chi connectivity index (χ1v) is 11.3. The van der Waals surface area contributed by atoms with Crippen molar-refractivity contribution in [3.8, 4) is 5.75 Å². The lowest BCUT2D eigenvalue weighted by Crippen LogP contribution is -2.46. The van der Waals surface area contributed by atoms with Crippen molar-refractivity contribution >= 4 is 15.9 Å². The Bertz CT molecular complexity index is 966.